The molecule has 37 heavy (non-hydrogen) atoms. The monoisotopic (exact) mass is 525 g/mol. The van der Waals surface area contributed by atoms with Crippen LogP contribution in [0.15, 0.2) is 48.7 Å². The van der Waals surface area contributed by atoms with Gasteiger partial charge >= 0.3 is 0 Å². The molecule has 1 aromatic carbocycles. The van der Waals surface area contributed by atoms with E-state index >= 15 is 0 Å². The van der Waals surface area contributed by atoms with Crippen molar-refractivity contribution in [3.05, 3.63) is 71.0 Å². The Hall–Kier alpha value is -3.33. The number of aromatic nitrogens is 2. The van der Waals surface area contributed by atoms with E-state index < -0.39 is 26.7 Å². The molecule has 1 aliphatic rings. The first-order valence-electron chi connectivity index (χ1n) is 12.3. The summed E-state index contributed by atoms with van der Waals surface area (Å²) in [6.07, 6.45) is 2.62. The number of Topliss-reactive ketones (excluding diaryl/α,β-unsaturated/α-hetero) is 1. The summed E-state index contributed by atoms with van der Waals surface area (Å²) in [6, 6.07) is 13.1. The normalized spacial score (nSPS) is 16.1. The van der Waals surface area contributed by atoms with Gasteiger partial charge in [0.1, 0.15) is 5.82 Å². The maximum atomic E-state index is 14.1. The van der Waals surface area contributed by atoms with E-state index in [4.69, 9.17) is 0 Å². The Bertz CT molecular complexity index is 1420. The molecule has 196 valence electrons. The van der Waals surface area contributed by atoms with Crippen molar-refractivity contribution in [2.45, 2.75) is 57.9 Å². The first-order valence-corrected chi connectivity index (χ1v) is 14.1. The van der Waals surface area contributed by atoms with Crippen LogP contribution < -0.4 is 5.32 Å². The Morgan fingerprint density at radius 1 is 1.19 bits per heavy atom. The van der Waals surface area contributed by atoms with Crippen LogP contribution in [-0.4, -0.2) is 46.7 Å². The molecule has 0 spiro atoms. The zero-order valence-electron chi connectivity index (χ0n) is 21.5. The van der Waals surface area contributed by atoms with Crippen molar-refractivity contribution in [3.8, 4) is 11.3 Å². The van der Waals surface area contributed by atoms with Crippen LogP contribution in [0.2, 0.25) is 0 Å². The van der Waals surface area contributed by atoms with Gasteiger partial charge in [-0.15, -0.1) is 0 Å². The van der Waals surface area contributed by atoms with E-state index in [2.05, 4.69) is 15.3 Å². The maximum Gasteiger partial charge on any atom is 0.262 e. The molecule has 1 aliphatic carbocycles. The van der Waals surface area contributed by atoms with Gasteiger partial charge in [-0.3, -0.25) is 9.59 Å². The Labute approximate surface area is 216 Å². The maximum absolute atomic E-state index is 14.1. The van der Waals surface area contributed by atoms with E-state index in [1.165, 1.54) is 20.0 Å². The Morgan fingerprint density at radius 3 is 2.54 bits per heavy atom. The molecule has 9 heteroatoms. The van der Waals surface area contributed by atoms with E-state index in [-0.39, 0.29) is 29.7 Å². The fourth-order valence-electron chi connectivity index (χ4n) is 4.59. The number of aromatic amines is 1. The number of benzene rings is 1. The second kappa shape index (κ2) is 10.2. The van der Waals surface area contributed by atoms with Crippen molar-refractivity contribution in [1.29, 1.82) is 0 Å². The number of fused-ring (bicyclic) bond motifs is 1. The minimum Gasteiger partial charge on any atom is -0.358 e. The molecule has 2 N–H and O–H groups in total. The third-order valence-electron chi connectivity index (χ3n) is 6.67. The van der Waals surface area contributed by atoms with Crippen LogP contribution in [0.5, 0.6) is 0 Å². The Kier molecular flexibility index (Phi) is 7.37. The lowest BCUT2D eigenvalue weighted by Gasteiger charge is -2.22. The quantitative estimate of drug-likeness (QED) is 0.434. The Morgan fingerprint density at radius 2 is 1.89 bits per heavy atom. The van der Waals surface area contributed by atoms with Crippen molar-refractivity contribution < 1.29 is 22.4 Å². The molecular formula is C28H32FN3O4S. The van der Waals surface area contributed by atoms with Crippen LogP contribution in [0.3, 0.4) is 0 Å². The molecule has 3 aromatic rings. The number of hydrogen-bond donors (Lipinski definition) is 2. The van der Waals surface area contributed by atoms with E-state index in [0.717, 1.165) is 11.1 Å². The predicted octanol–water partition coefficient (Wildman–Crippen LogP) is 4.92. The lowest BCUT2D eigenvalue weighted by Crippen LogP contribution is -2.32. The third kappa shape index (κ3) is 5.98. The van der Waals surface area contributed by atoms with Gasteiger partial charge in [0.25, 0.3) is 5.91 Å². The number of carbonyl (C=O) groups excluding carboxylic acids is 2. The molecule has 0 saturated carbocycles. The number of rotatable bonds is 8. The number of nitrogens with one attached hydrogen (secondary N) is 2. The number of hydrogen-bond acceptors (Lipinski definition) is 5. The number of anilines is 1. The number of amides is 1. The molecule has 2 heterocycles. The van der Waals surface area contributed by atoms with Gasteiger partial charge in [0, 0.05) is 35.9 Å². The Balaban J connectivity index is 1.76. The van der Waals surface area contributed by atoms with Crippen LogP contribution in [0, 0.1) is 5.92 Å². The summed E-state index contributed by atoms with van der Waals surface area (Å²) in [6.45, 7) is 5.65. The van der Waals surface area contributed by atoms with Gasteiger partial charge in [0.2, 0.25) is 0 Å². The lowest BCUT2D eigenvalue weighted by molar-refractivity contribution is -0.125. The van der Waals surface area contributed by atoms with Gasteiger partial charge in [-0.25, -0.2) is 17.8 Å². The average molecular weight is 526 g/mol. The molecule has 2 aromatic heterocycles. The first-order chi connectivity index (χ1) is 17.3. The second-order valence-corrected chi connectivity index (χ2v) is 13.0. The summed E-state index contributed by atoms with van der Waals surface area (Å²) in [7, 11) is -3.30. The van der Waals surface area contributed by atoms with Gasteiger partial charge in [0.05, 0.1) is 16.7 Å². The van der Waals surface area contributed by atoms with Crippen LogP contribution >= 0.6 is 0 Å². The number of alkyl halides is 1. The molecule has 0 fully saturated rings. The zero-order valence-corrected chi connectivity index (χ0v) is 22.3. The molecule has 0 bridgehead atoms. The number of H-pyrrole nitrogens is 1. The van der Waals surface area contributed by atoms with Crippen molar-refractivity contribution in [2.75, 3.05) is 11.1 Å². The van der Waals surface area contributed by atoms with Crippen molar-refractivity contribution in [1.82, 2.24) is 9.97 Å². The summed E-state index contributed by atoms with van der Waals surface area (Å²) in [4.78, 5) is 33.1. The smallest absolute Gasteiger partial charge is 0.262 e. The van der Waals surface area contributed by atoms with E-state index in [9.17, 15) is 22.4 Å². The van der Waals surface area contributed by atoms with Gasteiger partial charge < -0.3 is 10.3 Å². The number of halogens is 1. The van der Waals surface area contributed by atoms with Gasteiger partial charge in [0.15, 0.2) is 21.3 Å². The highest BCUT2D eigenvalue weighted by Crippen LogP contribution is 2.37. The number of pyridine rings is 1. The molecule has 4 rings (SSSR count). The zero-order chi connectivity index (χ0) is 27.0. The average Bonchev–Trinajstić information content (AvgIpc) is 3.17. The van der Waals surface area contributed by atoms with E-state index in [0.29, 0.717) is 35.4 Å². The van der Waals surface area contributed by atoms with Crippen molar-refractivity contribution in [2.24, 2.45) is 5.92 Å². The first kappa shape index (κ1) is 26.7. The lowest BCUT2D eigenvalue weighted by atomic mass is 9.84. The number of ketones is 1. The molecular weight excluding hydrogens is 493 g/mol. The minimum absolute atomic E-state index is 0.0390. The fourth-order valence-corrected chi connectivity index (χ4v) is 5.87. The molecule has 1 unspecified atom stereocenters. The minimum atomic E-state index is -3.30. The van der Waals surface area contributed by atoms with Crippen molar-refractivity contribution >= 4 is 27.3 Å². The number of carbonyl (C=O) groups is 2. The molecule has 1 atom stereocenters. The highest BCUT2D eigenvalue weighted by atomic mass is 32.2. The topological polar surface area (TPSA) is 109 Å². The highest BCUT2D eigenvalue weighted by Gasteiger charge is 2.34. The molecule has 0 aliphatic heterocycles. The summed E-state index contributed by atoms with van der Waals surface area (Å²) in [5, 5.41) is 2.00. The number of nitrogens with zero attached hydrogens (tertiary/aromatic N) is 1. The second-order valence-electron chi connectivity index (χ2n) is 10.4. The SMILES string of the molecule is CC(C)S(=O)(=O)CC1CC(=O)c2c([nH]c(-c3ccnc(NC(=O)C(C)(C)F)c3)c2Cc2ccccc2)C1. The van der Waals surface area contributed by atoms with Crippen LogP contribution in [0.4, 0.5) is 10.2 Å². The predicted molar refractivity (Wildman–Crippen MR) is 142 cm³/mol. The summed E-state index contributed by atoms with van der Waals surface area (Å²) in [5.41, 5.74) is 2.46. The van der Waals surface area contributed by atoms with Crippen LogP contribution in [0.25, 0.3) is 11.3 Å². The van der Waals surface area contributed by atoms with E-state index in [1.54, 1.807) is 26.0 Å². The van der Waals surface area contributed by atoms with Gasteiger partial charge in [-0.2, -0.15) is 0 Å². The van der Waals surface area contributed by atoms with Gasteiger partial charge in [-0.05, 0) is 63.3 Å². The summed E-state index contributed by atoms with van der Waals surface area (Å²) >= 11 is 0. The summed E-state index contributed by atoms with van der Waals surface area (Å²) in [5.74, 6) is -1.04. The standard InChI is InChI=1S/C28H32FN3O4S/c1-17(2)37(35,36)16-19-13-22-25(23(33)14-19)21(12-18-8-6-5-7-9-18)26(31-22)20-10-11-30-24(15-20)32-27(34)28(3,4)29/h5-11,15,17,19,31H,12-14,16H2,1-4H3,(H,30,32,34). The largest absolute Gasteiger partial charge is 0.358 e. The number of sulfone groups is 1. The van der Waals surface area contributed by atoms with Crippen LogP contribution in [-0.2, 0) is 27.5 Å². The molecule has 0 radical (unpaired) electrons. The van der Waals surface area contributed by atoms with E-state index in [1.807, 2.05) is 30.3 Å². The molecule has 7 nitrogen and oxygen atoms in total. The summed E-state index contributed by atoms with van der Waals surface area (Å²) < 4.78 is 39.2. The molecule has 1 amide bonds. The van der Waals surface area contributed by atoms with Crippen molar-refractivity contribution in [3.63, 3.8) is 0 Å². The molecule has 0 saturated heterocycles. The highest BCUT2D eigenvalue weighted by molar-refractivity contribution is 7.91. The van der Waals surface area contributed by atoms with Crippen LogP contribution in [0.1, 0.15) is 61.3 Å². The fraction of sp³-hybridized carbons (Fsp3) is 0.393. The third-order valence-corrected chi connectivity index (χ3v) is 9.04. The van der Waals surface area contributed by atoms with Gasteiger partial charge in [-0.1, -0.05) is 30.3 Å².